The van der Waals surface area contributed by atoms with Gasteiger partial charge in [0.2, 0.25) is 5.88 Å². The molecule has 0 fully saturated rings. The third kappa shape index (κ3) is 2.90. The Kier molecular flexibility index (Phi) is 3.88. The van der Waals surface area contributed by atoms with Crippen molar-refractivity contribution >= 4 is 5.71 Å². The summed E-state index contributed by atoms with van der Waals surface area (Å²) in [6.45, 7) is 0. The zero-order chi connectivity index (χ0) is 17.4. The average Bonchev–Trinajstić information content (AvgIpc) is 2.99. The van der Waals surface area contributed by atoms with Crippen LogP contribution in [0.4, 0.5) is 13.2 Å². The average molecular weight is 339 g/mol. The van der Waals surface area contributed by atoms with Gasteiger partial charge < -0.3 is 14.7 Å². The van der Waals surface area contributed by atoms with Crippen LogP contribution in [0.1, 0.15) is 12.0 Å². The maximum atomic E-state index is 12.7. The Morgan fingerprint density at radius 1 is 1.08 bits per heavy atom. The maximum Gasteiger partial charge on any atom is 0.458 e. The van der Waals surface area contributed by atoms with Gasteiger partial charge in [0.25, 0.3) is 0 Å². The predicted molar refractivity (Wildman–Crippen MR) is 77.3 cm³/mol. The summed E-state index contributed by atoms with van der Waals surface area (Å²) in [7, 11) is 1.48. The topological polar surface area (TPSA) is 76.8 Å². The van der Waals surface area contributed by atoms with E-state index in [9.17, 15) is 18.3 Å². The van der Waals surface area contributed by atoms with Crippen molar-refractivity contribution in [3.05, 3.63) is 42.0 Å². The number of hydrogen-bond donors (Lipinski definition) is 1. The van der Waals surface area contributed by atoms with Crippen LogP contribution in [0.15, 0.2) is 41.6 Å². The van der Waals surface area contributed by atoms with Gasteiger partial charge in [-0.25, -0.2) is 0 Å². The summed E-state index contributed by atoms with van der Waals surface area (Å²) in [6, 6.07) is 9.84. The van der Waals surface area contributed by atoms with Gasteiger partial charge in [0.05, 0.1) is 24.9 Å². The van der Waals surface area contributed by atoms with Crippen molar-refractivity contribution in [3.63, 3.8) is 0 Å². The summed E-state index contributed by atoms with van der Waals surface area (Å²) in [5.41, 5.74) is 1.74. The standard InChI is InChI=1S/C15H12F3N3O3/c1-23-13-7-6-11(19-20-13)9-2-4-10(5-3-9)12-8-14(22,24-21-12)15(16,17)18/h2-7,22H,8H2,1H3. The monoisotopic (exact) mass is 339 g/mol. The lowest BCUT2D eigenvalue weighted by molar-refractivity contribution is -0.355. The molecule has 1 aromatic carbocycles. The first-order valence-electron chi connectivity index (χ1n) is 6.85. The van der Waals surface area contributed by atoms with Gasteiger partial charge in [0.15, 0.2) is 0 Å². The quantitative estimate of drug-likeness (QED) is 0.930. The first-order chi connectivity index (χ1) is 11.3. The summed E-state index contributed by atoms with van der Waals surface area (Å²) in [6.07, 6.45) is -5.69. The van der Waals surface area contributed by atoms with Gasteiger partial charge in [0, 0.05) is 11.6 Å². The van der Waals surface area contributed by atoms with Gasteiger partial charge >= 0.3 is 12.0 Å². The van der Waals surface area contributed by atoms with Gasteiger partial charge in [0.1, 0.15) is 0 Å². The number of methoxy groups -OCH3 is 1. The molecule has 1 aliphatic heterocycles. The minimum absolute atomic E-state index is 0.0159. The van der Waals surface area contributed by atoms with Crippen LogP contribution in [0.2, 0.25) is 0 Å². The molecule has 0 saturated heterocycles. The Labute approximate surface area is 134 Å². The van der Waals surface area contributed by atoms with Crippen LogP contribution >= 0.6 is 0 Å². The minimum atomic E-state index is -4.92. The van der Waals surface area contributed by atoms with Gasteiger partial charge in [-0.15, -0.1) is 10.2 Å². The van der Waals surface area contributed by atoms with Crippen molar-refractivity contribution in [3.8, 4) is 17.1 Å². The van der Waals surface area contributed by atoms with Crippen LogP contribution in [-0.4, -0.2) is 40.1 Å². The molecular formula is C15H12F3N3O3. The molecule has 2 heterocycles. The summed E-state index contributed by atoms with van der Waals surface area (Å²) in [4.78, 5) is 4.19. The summed E-state index contributed by atoms with van der Waals surface area (Å²) < 4.78 is 43.0. The van der Waals surface area contributed by atoms with Gasteiger partial charge in [-0.05, 0) is 11.6 Å². The zero-order valence-corrected chi connectivity index (χ0v) is 12.4. The highest BCUT2D eigenvalue weighted by atomic mass is 19.4. The van der Waals surface area contributed by atoms with E-state index in [0.717, 1.165) is 5.56 Å². The number of oxime groups is 1. The van der Waals surface area contributed by atoms with Crippen LogP contribution in [0.5, 0.6) is 5.88 Å². The number of hydrogen-bond acceptors (Lipinski definition) is 6. The first-order valence-corrected chi connectivity index (χ1v) is 6.85. The molecule has 1 N–H and O–H groups in total. The molecule has 1 unspecified atom stereocenters. The molecule has 1 aliphatic rings. The SMILES string of the molecule is COc1ccc(-c2ccc(C3=NOC(O)(C(F)(F)F)C3)cc2)nn1. The van der Waals surface area contributed by atoms with Crippen LogP contribution < -0.4 is 4.74 Å². The lowest BCUT2D eigenvalue weighted by Crippen LogP contribution is -2.45. The summed E-state index contributed by atoms with van der Waals surface area (Å²) >= 11 is 0. The van der Waals surface area contributed by atoms with Crippen LogP contribution in [0.25, 0.3) is 11.3 Å². The summed E-state index contributed by atoms with van der Waals surface area (Å²) in [5, 5.41) is 20.6. The van der Waals surface area contributed by atoms with Gasteiger partial charge in [-0.1, -0.05) is 29.4 Å². The summed E-state index contributed by atoms with van der Waals surface area (Å²) in [5.74, 6) is -2.90. The minimum Gasteiger partial charge on any atom is -0.480 e. The molecule has 0 radical (unpaired) electrons. The number of aliphatic hydroxyl groups is 1. The number of ether oxygens (including phenoxy) is 1. The van der Waals surface area contributed by atoms with Crippen LogP contribution in [0.3, 0.4) is 0 Å². The maximum absolute atomic E-state index is 12.7. The number of halogens is 3. The third-order valence-corrected chi connectivity index (χ3v) is 3.52. The van der Waals surface area contributed by atoms with Crippen LogP contribution in [0, 0.1) is 0 Å². The molecule has 3 rings (SSSR count). The van der Waals surface area contributed by atoms with E-state index in [4.69, 9.17) is 4.74 Å². The zero-order valence-electron chi connectivity index (χ0n) is 12.4. The van der Waals surface area contributed by atoms with Crippen molar-refractivity contribution in [1.29, 1.82) is 0 Å². The first kappa shape index (κ1) is 16.2. The number of alkyl halides is 3. The van der Waals surface area contributed by atoms with E-state index in [-0.39, 0.29) is 5.71 Å². The molecule has 126 valence electrons. The molecular weight excluding hydrogens is 327 g/mol. The van der Waals surface area contributed by atoms with E-state index >= 15 is 0 Å². The second-order valence-corrected chi connectivity index (χ2v) is 5.13. The Balaban J connectivity index is 1.78. The lowest BCUT2D eigenvalue weighted by atomic mass is 10.0. The molecule has 0 saturated carbocycles. The highest BCUT2D eigenvalue weighted by Crippen LogP contribution is 2.39. The molecule has 2 aromatic rings. The van der Waals surface area contributed by atoms with E-state index in [2.05, 4.69) is 20.2 Å². The normalized spacial score (nSPS) is 20.5. The molecule has 9 heteroatoms. The van der Waals surface area contributed by atoms with E-state index in [1.165, 1.54) is 7.11 Å². The number of rotatable bonds is 3. The molecule has 6 nitrogen and oxygen atoms in total. The van der Waals surface area contributed by atoms with Crippen molar-refractivity contribution in [2.75, 3.05) is 7.11 Å². The number of benzene rings is 1. The smallest absolute Gasteiger partial charge is 0.458 e. The third-order valence-electron chi connectivity index (χ3n) is 3.52. The fourth-order valence-electron chi connectivity index (χ4n) is 2.15. The van der Waals surface area contributed by atoms with E-state index in [1.54, 1.807) is 36.4 Å². The van der Waals surface area contributed by atoms with Crippen LogP contribution in [-0.2, 0) is 4.84 Å². The fourth-order valence-corrected chi connectivity index (χ4v) is 2.15. The second-order valence-electron chi connectivity index (χ2n) is 5.13. The molecule has 0 amide bonds. The largest absolute Gasteiger partial charge is 0.480 e. The molecule has 0 bridgehead atoms. The van der Waals surface area contributed by atoms with Crippen molar-refractivity contribution < 1.29 is 27.9 Å². The van der Waals surface area contributed by atoms with Crippen molar-refractivity contribution in [2.24, 2.45) is 5.16 Å². The lowest BCUT2D eigenvalue weighted by Gasteiger charge is -2.22. The fraction of sp³-hybridized carbons (Fsp3) is 0.267. The Bertz CT molecular complexity index is 760. The van der Waals surface area contributed by atoms with E-state index < -0.39 is 18.4 Å². The van der Waals surface area contributed by atoms with Gasteiger partial charge in [-0.3, -0.25) is 0 Å². The van der Waals surface area contributed by atoms with E-state index in [0.29, 0.717) is 17.1 Å². The molecule has 24 heavy (non-hydrogen) atoms. The van der Waals surface area contributed by atoms with Gasteiger partial charge in [-0.2, -0.15) is 13.2 Å². The Morgan fingerprint density at radius 3 is 2.25 bits per heavy atom. The molecule has 0 spiro atoms. The highest BCUT2D eigenvalue weighted by molar-refractivity contribution is 6.01. The highest BCUT2D eigenvalue weighted by Gasteiger charge is 2.60. The predicted octanol–water partition coefficient (Wildman–Crippen LogP) is 2.53. The second kappa shape index (κ2) is 5.75. The Hall–Kier alpha value is -2.68. The molecule has 1 atom stereocenters. The van der Waals surface area contributed by atoms with Crippen molar-refractivity contribution in [2.45, 2.75) is 18.4 Å². The number of nitrogens with zero attached hydrogens (tertiary/aromatic N) is 3. The van der Waals surface area contributed by atoms with Crippen molar-refractivity contribution in [1.82, 2.24) is 10.2 Å². The Morgan fingerprint density at radius 2 is 1.75 bits per heavy atom. The molecule has 0 aliphatic carbocycles. The molecule has 1 aromatic heterocycles. The van der Waals surface area contributed by atoms with E-state index in [1.807, 2.05) is 0 Å². The number of aromatic nitrogens is 2.